The van der Waals surface area contributed by atoms with E-state index in [1.807, 2.05) is 30.3 Å². The van der Waals surface area contributed by atoms with Gasteiger partial charge in [0.05, 0.1) is 17.3 Å². The molecule has 11 nitrogen and oxygen atoms in total. The third-order valence-electron chi connectivity index (χ3n) is 9.15. The van der Waals surface area contributed by atoms with Crippen LogP contribution in [0.25, 0.3) is 11.8 Å². The number of nitrogens with two attached hydrogens (primary N) is 1. The molecule has 1 unspecified atom stereocenters. The van der Waals surface area contributed by atoms with Crippen LogP contribution in [0.4, 0.5) is 0 Å². The molecule has 3 aromatic carbocycles. The standard InChI is InChI=1S/C35H36ClN7O4/c36-27-11-12-31(43-22-38-39-40-43)26(19-27)10-13-33(45)42-21-29(41-16-14-28(37)15-17-41)20-30(24-4-2-1-3-5-24)34(42)32(44)18-23-6-8-25(9-7-23)35(46)47/h1-13,19,22,28-30,34H,14-18,20-21,37H2,(H,46,47)/b13-10+/t29-,30-,34?/m0/s1. The number of ketones is 1. The molecule has 12 heteroatoms. The molecule has 2 fully saturated rings. The van der Waals surface area contributed by atoms with Crippen molar-refractivity contribution in [2.24, 2.45) is 5.73 Å². The Labute approximate surface area is 277 Å². The first-order chi connectivity index (χ1) is 22.8. The quantitative estimate of drug-likeness (QED) is 0.256. The van der Waals surface area contributed by atoms with E-state index in [0.29, 0.717) is 34.8 Å². The number of hydrogen-bond acceptors (Lipinski definition) is 8. The van der Waals surface area contributed by atoms with Gasteiger partial charge in [-0.2, -0.15) is 4.68 Å². The first-order valence-corrected chi connectivity index (χ1v) is 16.1. The minimum absolute atomic E-state index is 0.0342. The zero-order chi connectivity index (χ0) is 32.9. The van der Waals surface area contributed by atoms with Gasteiger partial charge in [0, 0.05) is 47.6 Å². The Morgan fingerprint density at radius 3 is 2.43 bits per heavy atom. The van der Waals surface area contributed by atoms with Gasteiger partial charge in [0.1, 0.15) is 6.33 Å². The normalized spacial score (nSPS) is 20.8. The fourth-order valence-corrected chi connectivity index (χ4v) is 6.89. The molecule has 0 saturated carbocycles. The van der Waals surface area contributed by atoms with Crippen LogP contribution in [0.15, 0.2) is 85.2 Å². The van der Waals surface area contributed by atoms with Crippen LogP contribution in [0.5, 0.6) is 0 Å². The number of tetrazole rings is 1. The molecule has 3 atom stereocenters. The lowest BCUT2D eigenvalue weighted by atomic mass is 9.77. The number of aromatic carboxylic acids is 1. The number of Topliss-reactive ketones (excluding diaryl/α,β-unsaturated/α-hetero) is 1. The number of likely N-dealkylation sites (tertiary alicyclic amines) is 2. The molecule has 3 heterocycles. The summed E-state index contributed by atoms with van der Waals surface area (Å²) in [7, 11) is 0. The predicted octanol–water partition coefficient (Wildman–Crippen LogP) is 4.02. The number of nitrogens with zero attached hydrogens (tertiary/aromatic N) is 6. The topological polar surface area (TPSA) is 148 Å². The lowest BCUT2D eigenvalue weighted by Gasteiger charge is -2.48. The van der Waals surface area contributed by atoms with E-state index in [4.69, 9.17) is 17.3 Å². The van der Waals surface area contributed by atoms with Crippen molar-refractivity contribution >= 4 is 35.3 Å². The first-order valence-electron chi connectivity index (χ1n) is 15.7. The Hall–Kier alpha value is -4.71. The monoisotopic (exact) mass is 653 g/mol. The highest BCUT2D eigenvalue weighted by Gasteiger charge is 2.44. The van der Waals surface area contributed by atoms with Crippen molar-refractivity contribution in [3.63, 3.8) is 0 Å². The summed E-state index contributed by atoms with van der Waals surface area (Å²) < 4.78 is 1.49. The Bertz CT molecular complexity index is 1740. The van der Waals surface area contributed by atoms with Crippen LogP contribution < -0.4 is 5.73 Å². The number of carbonyl (C=O) groups is 3. The second kappa shape index (κ2) is 14.4. The Kier molecular flexibility index (Phi) is 9.86. The summed E-state index contributed by atoms with van der Waals surface area (Å²) in [6.07, 6.45) is 7.15. The summed E-state index contributed by atoms with van der Waals surface area (Å²) in [6.45, 7) is 2.04. The molecule has 4 aromatic rings. The number of rotatable bonds is 9. The van der Waals surface area contributed by atoms with Crippen LogP contribution >= 0.6 is 11.6 Å². The zero-order valence-electron chi connectivity index (χ0n) is 25.7. The number of hydrogen-bond donors (Lipinski definition) is 2. The van der Waals surface area contributed by atoms with Crippen molar-refractivity contribution in [3.8, 4) is 5.69 Å². The number of halogens is 1. The van der Waals surface area contributed by atoms with Crippen molar-refractivity contribution in [2.45, 2.75) is 49.7 Å². The molecular formula is C35H36ClN7O4. The van der Waals surface area contributed by atoms with E-state index in [1.54, 1.807) is 41.3 Å². The van der Waals surface area contributed by atoms with E-state index >= 15 is 0 Å². The third kappa shape index (κ3) is 7.48. The fourth-order valence-electron chi connectivity index (χ4n) is 6.71. The largest absolute Gasteiger partial charge is 0.478 e. The SMILES string of the molecule is NC1CCN([C@H]2C[C@@H](c3ccccc3)C(C(=O)Cc3ccc(C(=O)O)cc3)N(C(=O)/C=C/c3cc(Cl)ccc3-n3cnnn3)C2)CC1. The van der Waals surface area contributed by atoms with Gasteiger partial charge in [-0.05, 0) is 90.3 Å². The molecule has 0 radical (unpaired) electrons. The Balaban J connectivity index is 1.36. The van der Waals surface area contributed by atoms with E-state index in [2.05, 4.69) is 20.4 Å². The minimum atomic E-state index is -1.03. The molecule has 6 rings (SSSR count). The van der Waals surface area contributed by atoms with Gasteiger partial charge in [0.25, 0.3) is 0 Å². The first kappa shape index (κ1) is 32.2. The molecule has 0 spiro atoms. The van der Waals surface area contributed by atoms with Crippen LogP contribution in [0, 0.1) is 0 Å². The van der Waals surface area contributed by atoms with Gasteiger partial charge in [0.15, 0.2) is 5.78 Å². The van der Waals surface area contributed by atoms with E-state index in [1.165, 1.54) is 29.2 Å². The van der Waals surface area contributed by atoms with Gasteiger partial charge in [-0.15, -0.1) is 5.10 Å². The van der Waals surface area contributed by atoms with Gasteiger partial charge in [0.2, 0.25) is 5.91 Å². The lowest BCUT2D eigenvalue weighted by Crippen LogP contribution is -2.60. The average Bonchev–Trinajstić information content (AvgIpc) is 3.62. The highest BCUT2D eigenvalue weighted by Crippen LogP contribution is 2.37. The van der Waals surface area contributed by atoms with E-state index < -0.39 is 12.0 Å². The van der Waals surface area contributed by atoms with Gasteiger partial charge in [-0.25, -0.2) is 4.79 Å². The maximum Gasteiger partial charge on any atom is 0.335 e. The fraction of sp³-hybridized carbons (Fsp3) is 0.314. The second-order valence-corrected chi connectivity index (χ2v) is 12.6. The number of piperidine rings is 2. The van der Waals surface area contributed by atoms with Crippen molar-refractivity contribution < 1.29 is 19.5 Å². The van der Waals surface area contributed by atoms with Crippen LogP contribution in [0.1, 0.15) is 52.2 Å². The molecule has 2 saturated heterocycles. The van der Waals surface area contributed by atoms with Gasteiger partial charge in [-0.1, -0.05) is 54.1 Å². The Morgan fingerprint density at radius 1 is 1.00 bits per heavy atom. The lowest BCUT2D eigenvalue weighted by molar-refractivity contribution is -0.140. The summed E-state index contributed by atoms with van der Waals surface area (Å²) in [5.41, 5.74) is 9.34. The van der Waals surface area contributed by atoms with Crippen molar-refractivity contribution in [2.75, 3.05) is 19.6 Å². The maximum atomic E-state index is 14.3. The van der Waals surface area contributed by atoms with Gasteiger partial charge in [-0.3, -0.25) is 14.5 Å². The van der Waals surface area contributed by atoms with Crippen molar-refractivity contribution in [1.29, 1.82) is 0 Å². The van der Waals surface area contributed by atoms with Gasteiger partial charge >= 0.3 is 5.97 Å². The highest BCUT2D eigenvalue weighted by atomic mass is 35.5. The molecule has 2 aliphatic heterocycles. The van der Waals surface area contributed by atoms with E-state index in [0.717, 1.165) is 31.5 Å². The number of amides is 1. The van der Waals surface area contributed by atoms with E-state index in [9.17, 15) is 19.5 Å². The summed E-state index contributed by atoms with van der Waals surface area (Å²) in [4.78, 5) is 44.2. The summed E-state index contributed by atoms with van der Waals surface area (Å²) in [5, 5.41) is 21.3. The van der Waals surface area contributed by atoms with Crippen molar-refractivity contribution in [3.05, 3.63) is 112 Å². The van der Waals surface area contributed by atoms with Crippen LogP contribution in [0.2, 0.25) is 5.02 Å². The molecular weight excluding hydrogens is 618 g/mol. The maximum absolute atomic E-state index is 14.3. The molecule has 0 bridgehead atoms. The number of aromatic nitrogens is 4. The molecule has 47 heavy (non-hydrogen) atoms. The Morgan fingerprint density at radius 2 is 1.74 bits per heavy atom. The third-order valence-corrected chi connectivity index (χ3v) is 9.39. The smallest absolute Gasteiger partial charge is 0.335 e. The minimum Gasteiger partial charge on any atom is -0.478 e. The molecule has 2 aliphatic rings. The second-order valence-electron chi connectivity index (χ2n) is 12.2. The molecule has 1 amide bonds. The average molecular weight is 654 g/mol. The number of benzene rings is 3. The van der Waals surface area contributed by atoms with E-state index in [-0.39, 0.29) is 41.7 Å². The highest BCUT2D eigenvalue weighted by molar-refractivity contribution is 6.30. The molecule has 242 valence electrons. The molecule has 1 aromatic heterocycles. The number of carboxylic acid groups (broad SMARTS) is 1. The summed E-state index contributed by atoms with van der Waals surface area (Å²) in [5.74, 6) is -1.70. The van der Waals surface area contributed by atoms with Crippen LogP contribution in [-0.4, -0.2) is 90.5 Å². The summed E-state index contributed by atoms with van der Waals surface area (Å²) in [6, 6.07) is 20.9. The molecule has 3 N–H and O–H groups in total. The summed E-state index contributed by atoms with van der Waals surface area (Å²) >= 11 is 6.33. The predicted molar refractivity (Wildman–Crippen MR) is 177 cm³/mol. The number of carboxylic acids is 1. The van der Waals surface area contributed by atoms with Crippen LogP contribution in [0.3, 0.4) is 0 Å². The van der Waals surface area contributed by atoms with Gasteiger partial charge < -0.3 is 15.7 Å². The number of carbonyl (C=O) groups excluding carboxylic acids is 2. The van der Waals surface area contributed by atoms with Crippen LogP contribution in [-0.2, 0) is 16.0 Å². The molecule has 0 aliphatic carbocycles. The van der Waals surface area contributed by atoms with Crippen molar-refractivity contribution in [1.82, 2.24) is 30.0 Å². The zero-order valence-corrected chi connectivity index (χ0v) is 26.5.